The Morgan fingerprint density at radius 3 is 2.60 bits per heavy atom. The Kier molecular flexibility index (Phi) is 3.66. The largest absolute Gasteiger partial charge is 0.497 e. The number of nitrogens with zero attached hydrogens (tertiary/aromatic N) is 1. The molecule has 1 saturated carbocycles. The van der Waals surface area contributed by atoms with Gasteiger partial charge in [-0.2, -0.15) is 0 Å². The highest BCUT2D eigenvalue weighted by atomic mass is 16.5. The molecule has 1 aromatic carbocycles. The summed E-state index contributed by atoms with van der Waals surface area (Å²) in [5.41, 5.74) is 7.44. The summed E-state index contributed by atoms with van der Waals surface area (Å²) >= 11 is 0. The molecule has 1 heterocycles. The lowest BCUT2D eigenvalue weighted by Gasteiger charge is -2.36. The van der Waals surface area contributed by atoms with E-state index in [1.165, 1.54) is 12.8 Å². The molecular weight excluding hydrogens is 252 g/mol. The van der Waals surface area contributed by atoms with Crippen LogP contribution in [0.4, 0.5) is 0 Å². The van der Waals surface area contributed by atoms with Crippen LogP contribution >= 0.6 is 0 Å². The Hall–Kier alpha value is -1.55. The summed E-state index contributed by atoms with van der Waals surface area (Å²) in [6, 6.07) is 7.94. The summed E-state index contributed by atoms with van der Waals surface area (Å²) in [7, 11) is 1.65. The highest BCUT2D eigenvalue weighted by Crippen LogP contribution is 2.34. The van der Waals surface area contributed by atoms with Crippen LogP contribution < -0.4 is 10.5 Å². The van der Waals surface area contributed by atoms with Gasteiger partial charge in [-0.25, -0.2) is 0 Å². The van der Waals surface area contributed by atoms with E-state index in [0.717, 1.165) is 23.8 Å². The van der Waals surface area contributed by atoms with Crippen molar-refractivity contribution in [2.45, 2.75) is 31.2 Å². The van der Waals surface area contributed by atoms with Gasteiger partial charge in [0.1, 0.15) is 5.75 Å². The first-order valence-corrected chi connectivity index (χ1v) is 7.34. The van der Waals surface area contributed by atoms with Gasteiger partial charge in [0.2, 0.25) is 5.91 Å². The Labute approximate surface area is 119 Å². The van der Waals surface area contributed by atoms with Crippen LogP contribution in [0.2, 0.25) is 0 Å². The second kappa shape index (κ2) is 5.44. The third-order valence-electron chi connectivity index (χ3n) is 4.41. The maximum atomic E-state index is 12.3. The Balaban J connectivity index is 1.69. The van der Waals surface area contributed by atoms with E-state index in [9.17, 15) is 4.79 Å². The van der Waals surface area contributed by atoms with Gasteiger partial charge in [0, 0.05) is 31.5 Å². The number of ether oxygens (including phenoxy) is 1. The predicted octanol–water partition coefficient (Wildman–Crippen LogP) is 1.75. The molecule has 1 aromatic rings. The van der Waals surface area contributed by atoms with Crippen molar-refractivity contribution in [3.8, 4) is 5.75 Å². The minimum Gasteiger partial charge on any atom is -0.497 e. The minimum atomic E-state index is 0.0276. The molecule has 0 spiro atoms. The lowest BCUT2D eigenvalue weighted by atomic mass is 9.85. The number of likely N-dealkylation sites (tertiary alicyclic amines) is 1. The van der Waals surface area contributed by atoms with Crippen molar-refractivity contribution in [2.24, 2.45) is 11.7 Å². The van der Waals surface area contributed by atoms with Gasteiger partial charge in [-0.15, -0.1) is 0 Å². The zero-order valence-electron chi connectivity index (χ0n) is 11.9. The normalized spacial score (nSPS) is 26.7. The number of piperidine rings is 1. The maximum Gasteiger partial charge on any atom is 0.223 e. The molecule has 1 aliphatic carbocycles. The summed E-state index contributed by atoms with van der Waals surface area (Å²) in [5.74, 6) is 1.94. The Bertz CT molecular complexity index is 482. The first kappa shape index (κ1) is 13.4. The van der Waals surface area contributed by atoms with Gasteiger partial charge in [-0.3, -0.25) is 4.79 Å². The van der Waals surface area contributed by atoms with Crippen molar-refractivity contribution in [1.82, 2.24) is 4.90 Å². The molecule has 108 valence electrons. The topological polar surface area (TPSA) is 55.6 Å². The molecule has 2 aliphatic rings. The zero-order valence-corrected chi connectivity index (χ0v) is 11.9. The molecule has 0 aromatic heterocycles. The number of hydrogen-bond acceptors (Lipinski definition) is 3. The van der Waals surface area contributed by atoms with Crippen LogP contribution in [0.15, 0.2) is 24.3 Å². The van der Waals surface area contributed by atoms with E-state index in [4.69, 9.17) is 10.5 Å². The first-order valence-electron chi connectivity index (χ1n) is 7.34. The molecule has 0 radical (unpaired) electrons. The van der Waals surface area contributed by atoms with Gasteiger partial charge in [0.15, 0.2) is 0 Å². The van der Waals surface area contributed by atoms with Crippen molar-refractivity contribution in [1.29, 1.82) is 0 Å². The van der Waals surface area contributed by atoms with Crippen LogP contribution in [-0.4, -0.2) is 37.0 Å². The van der Waals surface area contributed by atoms with Gasteiger partial charge < -0.3 is 15.4 Å². The SMILES string of the molecule is COc1ccc(C2CC(=O)N(CC3CC3)C[C@H]2N)cc1. The number of carbonyl (C=O) groups excluding carboxylic acids is 1. The first-order chi connectivity index (χ1) is 9.67. The van der Waals surface area contributed by atoms with E-state index >= 15 is 0 Å². The van der Waals surface area contributed by atoms with Gasteiger partial charge >= 0.3 is 0 Å². The molecular formula is C16H22N2O2. The quantitative estimate of drug-likeness (QED) is 0.910. The smallest absolute Gasteiger partial charge is 0.223 e. The van der Waals surface area contributed by atoms with Gasteiger partial charge in [0.05, 0.1) is 7.11 Å². The molecule has 2 N–H and O–H groups in total. The molecule has 0 bridgehead atoms. The van der Waals surface area contributed by atoms with E-state index < -0.39 is 0 Å². The lowest BCUT2D eigenvalue weighted by Crippen LogP contribution is -2.50. The third kappa shape index (κ3) is 2.80. The summed E-state index contributed by atoms with van der Waals surface area (Å²) in [6.07, 6.45) is 3.06. The maximum absolute atomic E-state index is 12.3. The second-order valence-electron chi connectivity index (χ2n) is 5.99. The molecule has 4 heteroatoms. The van der Waals surface area contributed by atoms with E-state index in [1.54, 1.807) is 7.11 Å². The molecule has 1 amide bonds. The Morgan fingerprint density at radius 2 is 2.00 bits per heavy atom. The van der Waals surface area contributed by atoms with Crippen molar-refractivity contribution in [2.75, 3.05) is 20.2 Å². The van der Waals surface area contributed by atoms with Crippen molar-refractivity contribution in [3.63, 3.8) is 0 Å². The van der Waals surface area contributed by atoms with Gasteiger partial charge in [-0.1, -0.05) is 12.1 Å². The fourth-order valence-electron chi connectivity index (χ4n) is 2.96. The summed E-state index contributed by atoms with van der Waals surface area (Å²) < 4.78 is 5.17. The van der Waals surface area contributed by atoms with E-state index in [0.29, 0.717) is 13.0 Å². The van der Waals surface area contributed by atoms with Crippen LogP contribution in [0.25, 0.3) is 0 Å². The van der Waals surface area contributed by atoms with Crippen molar-refractivity contribution in [3.05, 3.63) is 29.8 Å². The minimum absolute atomic E-state index is 0.0276. The molecule has 2 fully saturated rings. The highest BCUT2D eigenvalue weighted by molar-refractivity contribution is 5.78. The van der Waals surface area contributed by atoms with Crippen LogP contribution in [-0.2, 0) is 4.79 Å². The Morgan fingerprint density at radius 1 is 1.30 bits per heavy atom. The zero-order chi connectivity index (χ0) is 14.1. The molecule has 2 atom stereocenters. The van der Waals surface area contributed by atoms with Crippen LogP contribution in [0.3, 0.4) is 0 Å². The molecule has 1 saturated heterocycles. The van der Waals surface area contributed by atoms with E-state index in [2.05, 4.69) is 0 Å². The molecule has 20 heavy (non-hydrogen) atoms. The van der Waals surface area contributed by atoms with Crippen LogP contribution in [0.1, 0.15) is 30.7 Å². The van der Waals surface area contributed by atoms with Crippen LogP contribution in [0, 0.1) is 5.92 Å². The summed E-state index contributed by atoms with van der Waals surface area (Å²) in [6.45, 7) is 1.59. The molecule has 1 aliphatic heterocycles. The number of rotatable bonds is 4. The van der Waals surface area contributed by atoms with Crippen molar-refractivity contribution < 1.29 is 9.53 Å². The predicted molar refractivity (Wildman–Crippen MR) is 77.6 cm³/mol. The van der Waals surface area contributed by atoms with E-state index in [-0.39, 0.29) is 17.9 Å². The van der Waals surface area contributed by atoms with Gasteiger partial charge in [0.25, 0.3) is 0 Å². The molecule has 3 rings (SSSR count). The monoisotopic (exact) mass is 274 g/mol. The number of nitrogens with two attached hydrogens (primary N) is 1. The third-order valence-corrected chi connectivity index (χ3v) is 4.41. The number of methoxy groups -OCH3 is 1. The molecule has 4 nitrogen and oxygen atoms in total. The number of amides is 1. The second-order valence-corrected chi connectivity index (χ2v) is 5.99. The lowest BCUT2D eigenvalue weighted by molar-refractivity contribution is -0.134. The average Bonchev–Trinajstić information content (AvgIpc) is 3.27. The van der Waals surface area contributed by atoms with Gasteiger partial charge in [-0.05, 0) is 36.5 Å². The number of hydrogen-bond donors (Lipinski definition) is 1. The number of carbonyl (C=O) groups is 1. The fraction of sp³-hybridized carbons (Fsp3) is 0.562. The van der Waals surface area contributed by atoms with Crippen LogP contribution in [0.5, 0.6) is 5.75 Å². The molecule has 1 unspecified atom stereocenters. The highest BCUT2D eigenvalue weighted by Gasteiger charge is 2.35. The summed E-state index contributed by atoms with van der Waals surface area (Å²) in [5, 5.41) is 0. The standard InChI is InChI=1S/C16H22N2O2/c1-20-13-6-4-12(5-7-13)14-8-16(19)18(10-15(14)17)9-11-2-3-11/h4-7,11,14-15H,2-3,8-10,17H2,1H3/t14?,15-/m1/s1. The summed E-state index contributed by atoms with van der Waals surface area (Å²) in [4.78, 5) is 14.2. The fourth-order valence-corrected chi connectivity index (χ4v) is 2.96. The number of benzene rings is 1. The van der Waals surface area contributed by atoms with E-state index in [1.807, 2.05) is 29.2 Å². The average molecular weight is 274 g/mol. The van der Waals surface area contributed by atoms with Crippen molar-refractivity contribution >= 4 is 5.91 Å².